The molecule has 0 spiro atoms. The Morgan fingerprint density at radius 1 is 1.54 bits per heavy atom. The number of carboxylic acid groups (broad SMARTS) is 1. The van der Waals surface area contributed by atoms with Gasteiger partial charge in [0.15, 0.2) is 0 Å². The average molecular weight is 181 g/mol. The molecule has 0 saturated heterocycles. The summed E-state index contributed by atoms with van der Waals surface area (Å²) in [7, 11) is 0. The predicted molar refractivity (Wildman–Crippen MR) is 51.2 cm³/mol. The third-order valence-corrected chi connectivity index (χ3v) is 2.14. The summed E-state index contributed by atoms with van der Waals surface area (Å²) in [5, 5.41) is 11.9. The van der Waals surface area contributed by atoms with Gasteiger partial charge in [-0.05, 0) is 24.5 Å². The highest BCUT2D eigenvalue weighted by Crippen LogP contribution is 2.19. The Bertz CT molecular complexity index is 277. The fourth-order valence-electron chi connectivity index (χ4n) is 1.41. The Morgan fingerprint density at radius 2 is 2.15 bits per heavy atom. The number of rotatable bonds is 2. The van der Waals surface area contributed by atoms with Gasteiger partial charge in [-0.1, -0.05) is 19.9 Å². The summed E-state index contributed by atoms with van der Waals surface area (Å²) in [5.41, 5.74) is 1.83. The van der Waals surface area contributed by atoms with E-state index in [-0.39, 0.29) is 5.92 Å². The molecule has 0 amide bonds. The summed E-state index contributed by atoms with van der Waals surface area (Å²) >= 11 is 0. The second-order valence-corrected chi connectivity index (χ2v) is 3.59. The topological polar surface area (TPSA) is 49.3 Å². The normalized spacial score (nSPS) is 22.0. The van der Waals surface area contributed by atoms with Crippen LogP contribution in [-0.4, -0.2) is 17.1 Å². The molecule has 1 heterocycles. The second-order valence-electron chi connectivity index (χ2n) is 3.59. The van der Waals surface area contributed by atoms with E-state index in [1.165, 1.54) is 0 Å². The molecule has 3 nitrogen and oxygen atoms in total. The maximum Gasteiger partial charge on any atom is 0.330 e. The van der Waals surface area contributed by atoms with Crippen LogP contribution in [-0.2, 0) is 4.79 Å². The van der Waals surface area contributed by atoms with Crippen molar-refractivity contribution in [2.24, 2.45) is 5.92 Å². The molecule has 0 aromatic heterocycles. The molecule has 1 aliphatic rings. The molecule has 3 heteroatoms. The van der Waals surface area contributed by atoms with Crippen molar-refractivity contribution in [2.75, 3.05) is 0 Å². The minimum atomic E-state index is -0.813. The molecular formula is C10H15NO2. The average Bonchev–Trinajstić information content (AvgIpc) is 2.03. The maximum atomic E-state index is 10.9. The number of allylic oxidation sites excluding steroid dienone is 3. The van der Waals surface area contributed by atoms with Gasteiger partial charge in [-0.2, -0.15) is 0 Å². The molecule has 1 rings (SSSR count). The van der Waals surface area contributed by atoms with E-state index < -0.39 is 12.0 Å². The van der Waals surface area contributed by atoms with Gasteiger partial charge >= 0.3 is 5.97 Å². The van der Waals surface area contributed by atoms with E-state index in [0.29, 0.717) is 0 Å². The van der Waals surface area contributed by atoms with Gasteiger partial charge in [0.2, 0.25) is 0 Å². The molecule has 0 bridgehead atoms. The zero-order chi connectivity index (χ0) is 10.0. The molecular weight excluding hydrogens is 166 g/mol. The molecule has 2 N–H and O–H groups in total. The van der Waals surface area contributed by atoms with Gasteiger partial charge in [-0.25, -0.2) is 4.79 Å². The second kappa shape index (κ2) is 3.64. The lowest BCUT2D eigenvalue weighted by molar-refractivity contribution is -0.138. The summed E-state index contributed by atoms with van der Waals surface area (Å²) in [5.74, 6) is -0.551. The summed E-state index contributed by atoms with van der Waals surface area (Å²) in [4.78, 5) is 10.9. The summed E-state index contributed by atoms with van der Waals surface area (Å²) in [6.45, 7) is 5.86. The molecule has 1 unspecified atom stereocenters. The lowest BCUT2D eigenvalue weighted by atomic mass is 9.93. The van der Waals surface area contributed by atoms with E-state index in [9.17, 15) is 4.79 Å². The highest BCUT2D eigenvalue weighted by Gasteiger charge is 2.25. The minimum Gasteiger partial charge on any atom is -0.479 e. The van der Waals surface area contributed by atoms with Crippen LogP contribution in [0.2, 0.25) is 0 Å². The molecule has 1 aliphatic heterocycles. The van der Waals surface area contributed by atoms with Crippen molar-refractivity contribution in [3.63, 3.8) is 0 Å². The van der Waals surface area contributed by atoms with Gasteiger partial charge in [0.1, 0.15) is 6.04 Å². The Balaban J connectivity index is 2.93. The van der Waals surface area contributed by atoms with Crippen molar-refractivity contribution < 1.29 is 9.90 Å². The zero-order valence-electron chi connectivity index (χ0n) is 8.16. The zero-order valence-corrected chi connectivity index (χ0v) is 8.16. The fourth-order valence-corrected chi connectivity index (χ4v) is 1.41. The van der Waals surface area contributed by atoms with Crippen LogP contribution < -0.4 is 5.32 Å². The van der Waals surface area contributed by atoms with Gasteiger partial charge in [0, 0.05) is 5.70 Å². The van der Waals surface area contributed by atoms with Crippen LogP contribution >= 0.6 is 0 Å². The van der Waals surface area contributed by atoms with Gasteiger partial charge in [-0.15, -0.1) is 0 Å². The first-order valence-corrected chi connectivity index (χ1v) is 4.40. The van der Waals surface area contributed by atoms with E-state index in [1.807, 2.05) is 32.9 Å². The van der Waals surface area contributed by atoms with Crippen LogP contribution in [0.25, 0.3) is 0 Å². The van der Waals surface area contributed by atoms with Crippen LogP contribution in [0.15, 0.2) is 23.4 Å². The van der Waals surface area contributed by atoms with Crippen LogP contribution in [0, 0.1) is 5.92 Å². The highest BCUT2D eigenvalue weighted by atomic mass is 16.4. The largest absolute Gasteiger partial charge is 0.479 e. The Labute approximate surface area is 78.1 Å². The smallest absolute Gasteiger partial charge is 0.330 e. The highest BCUT2D eigenvalue weighted by molar-refractivity contribution is 5.78. The Kier molecular flexibility index (Phi) is 2.76. The molecule has 1 atom stereocenters. The van der Waals surface area contributed by atoms with Crippen LogP contribution in [0.5, 0.6) is 0 Å². The standard InChI is InChI=1S/C10H15NO2/c1-6(2)8-5-4-7(3)11-9(8)10(12)13/h4-6,9,11H,1-3H3,(H,12,13). The SMILES string of the molecule is CC1=CC=C(C(C)C)C(C(=O)O)N1. The first-order chi connectivity index (χ1) is 6.02. The number of dihydropyridines is 1. The van der Waals surface area contributed by atoms with Crippen molar-refractivity contribution in [3.8, 4) is 0 Å². The lowest BCUT2D eigenvalue weighted by Crippen LogP contribution is -2.40. The number of carbonyl (C=O) groups is 1. The van der Waals surface area contributed by atoms with Gasteiger partial charge in [0.05, 0.1) is 0 Å². The quantitative estimate of drug-likeness (QED) is 0.679. The molecule has 0 fully saturated rings. The molecule has 0 aliphatic carbocycles. The predicted octanol–water partition coefficient (Wildman–Crippen LogP) is 1.53. The third-order valence-electron chi connectivity index (χ3n) is 2.14. The Morgan fingerprint density at radius 3 is 2.62 bits per heavy atom. The third kappa shape index (κ3) is 2.11. The number of hydrogen-bond acceptors (Lipinski definition) is 2. The molecule has 0 aromatic rings. The summed E-state index contributed by atoms with van der Waals surface area (Å²) in [6.07, 6.45) is 3.81. The number of carboxylic acids is 1. The lowest BCUT2D eigenvalue weighted by Gasteiger charge is -2.25. The van der Waals surface area contributed by atoms with Crippen LogP contribution in [0.4, 0.5) is 0 Å². The molecule has 0 aromatic carbocycles. The summed E-state index contributed by atoms with van der Waals surface area (Å²) < 4.78 is 0. The molecule has 0 saturated carbocycles. The van der Waals surface area contributed by atoms with Gasteiger partial charge in [0.25, 0.3) is 0 Å². The van der Waals surface area contributed by atoms with Crippen LogP contribution in [0.1, 0.15) is 20.8 Å². The van der Waals surface area contributed by atoms with E-state index in [0.717, 1.165) is 11.3 Å². The monoisotopic (exact) mass is 181 g/mol. The van der Waals surface area contributed by atoms with Crippen LogP contribution in [0.3, 0.4) is 0 Å². The first kappa shape index (κ1) is 9.84. The number of hydrogen-bond donors (Lipinski definition) is 2. The number of nitrogens with one attached hydrogen (secondary N) is 1. The molecule has 72 valence electrons. The van der Waals surface area contributed by atoms with Gasteiger partial charge in [-0.3, -0.25) is 0 Å². The van der Waals surface area contributed by atoms with Crippen molar-refractivity contribution in [3.05, 3.63) is 23.4 Å². The van der Waals surface area contributed by atoms with Crippen molar-refractivity contribution >= 4 is 5.97 Å². The van der Waals surface area contributed by atoms with Gasteiger partial charge < -0.3 is 10.4 Å². The molecule has 13 heavy (non-hydrogen) atoms. The fraction of sp³-hybridized carbons (Fsp3) is 0.500. The van der Waals surface area contributed by atoms with Crippen molar-refractivity contribution in [1.82, 2.24) is 5.32 Å². The first-order valence-electron chi connectivity index (χ1n) is 4.40. The Hall–Kier alpha value is -1.25. The van der Waals surface area contributed by atoms with E-state index in [4.69, 9.17) is 5.11 Å². The molecule has 0 radical (unpaired) electrons. The number of aliphatic carboxylic acids is 1. The van der Waals surface area contributed by atoms with E-state index >= 15 is 0 Å². The van der Waals surface area contributed by atoms with E-state index in [2.05, 4.69) is 5.32 Å². The maximum absolute atomic E-state index is 10.9. The van der Waals surface area contributed by atoms with Crippen molar-refractivity contribution in [1.29, 1.82) is 0 Å². The van der Waals surface area contributed by atoms with Crippen molar-refractivity contribution in [2.45, 2.75) is 26.8 Å². The summed E-state index contributed by atoms with van der Waals surface area (Å²) in [6, 6.07) is -0.551. The minimum absolute atomic E-state index is 0.262. The van der Waals surface area contributed by atoms with E-state index in [1.54, 1.807) is 0 Å².